The summed E-state index contributed by atoms with van der Waals surface area (Å²) in [5.41, 5.74) is 1.66. The molecule has 0 radical (unpaired) electrons. The zero-order valence-corrected chi connectivity index (χ0v) is 11.6. The summed E-state index contributed by atoms with van der Waals surface area (Å²) in [5, 5.41) is 3.09. The van der Waals surface area contributed by atoms with Gasteiger partial charge in [-0.3, -0.25) is 0 Å². The van der Waals surface area contributed by atoms with Crippen LogP contribution in [0.2, 0.25) is 0 Å². The van der Waals surface area contributed by atoms with Gasteiger partial charge < -0.3 is 9.88 Å². The molecule has 3 rings (SSSR count). The lowest BCUT2D eigenvalue weighted by atomic mass is 10.1. The molecule has 0 atom stereocenters. The second-order valence-electron chi connectivity index (χ2n) is 5.40. The first kappa shape index (κ1) is 14.0. The number of nitrogens with one attached hydrogen (secondary N) is 1. The second-order valence-corrected chi connectivity index (χ2v) is 5.40. The predicted octanol–water partition coefficient (Wildman–Crippen LogP) is 4.16. The molecule has 1 aromatic heterocycles. The van der Waals surface area contributed by atoms with Crippen LogP contribution in [0.25, 0.3) is 0 Å². The van der Waals surface area contributed by atoms with Crippen LogP contribution in [0, 0.1) is 6.92 Å². The van der Waals surface area contributed by atoms with Gasteiger partial charge in [0.2, 0.25) is 0 Å². The van der Waals surface area contributed by atoms with Crippen molar-refractivity contribution in [2.24, 2.45) is 0 Å². The van der Waals surface area contributed by atoms with Crippen LogP contribution in [0.4, 0.5) is 18.9 Å². The van der Waals surface area contributed by atoms with Gasteiger partial charge >= 0.3 is 6.18 Å². The Bertz CT molecular complexity index is 642. The first-order valence-corrected chi connectivity index (χ1v) is 6.87. The van der Waals surface area contributed by atoms with Gasteiger partial charge in [0.15, 0.2) is 0 Å². The molecule has 0 spiro atoms. The third-order valence-electron chi connectivity index (χ3n) is 3.71. The molecule has 3 nitrogen and oxygen atoms in total. The normalized spacial score (nSPS) is 15.2. The van der Waals surface area contributed by atoms with Crippen LogP contribution < -0.4 is 5.32 Å². The average Bonchev–Trinajstić information content (AvgIpc) is 3.16. The Balaban J connectivity index is 1.76. The molecule has 0 saturated heterocycles. The largest absolute Gasteiger partial charge is 0.416 e. The van der Waals surface area contributed by atoms with E-state index in [4.69, 9.17) is 0 Å². The molecule has 1 fully saturated rings. The van der Waals surface area contributed by atoms with Crippen LogP contribution in [-0.2, 0) is 12.7 Å². The van der Waals surface area contributed by atoms with Crippen LogP contribution in [-0.4, -0.2) is 9.55 Å². The van der Waals surface area contributed by atoms with Gasteiger partial charge in [0.25, 0.3) is 0 Å². The Hall–Kier alpha value is -1.98. The molecule has 1 aromatic carbocycles. The fourth-order valence-corrected chi connectivity index (χ4v) is 2.33. The summed E-state index contributed by atoms with van der Waals surface area (Å²) in [4.78, 5) is 4.12. The van der Waals surface area contributed by atoms with Crippen LogP contribution >= 0.6 is 0 Å². The SMILES string of the molecule is Cc1ccc(C(F)(F)F)cc1NCc1cncn1C1CC1. The number of rotatable bonds is 4. The van der Waals surface area contributed by atoms with Crippen molar-refractivity contribution in [1.82, 2.24) is 9.55 Å². The molecule has 0 unspecified atom stereocenters. The minimum atomic E-state index is -4.32. The number of anilines is 1. The number of halogens is 3. The lowest BCUT2D eigenvalue weighted by Gasteiger charge is -2.14. The smallest absolute Gasteiger partial charge is 0.379 e. The van der Waals surface area contributed by atoms with Crippen molar-refractivity contribution in [2.45, 2.75) is 38.5 Å². The molecule has 21 heavy (non-hydrogen) atoms. The van der Waals surface area contributed by atoms with E-state index in [1.807, 2.05) is 0 Å². The molecule has 1 saturated carbocycles. The molecule has 1 N–H and O–H groups in total. The Labute approximate surface area is 120 Å². The van der Waals surface area contributed by atoms with E-state index in [0.29, 0.717) is 18.3 Å². The quantitative estimate of drug-likeness (QED) is 0.918. The number of aryl methyl sites for hydroxylation is 1. The van der Waals surface area contributed by atoms with Crippen LogP contribution in [0.5, 0.6) is 0 Å². The van der Waals surface area contributed by atoms with Gasteiger partial charge in [0, 0.05) is 17.9 Å². The Kier molecular flexibility index (Phi) is 3.39. The number of hydrogen-bond acceptors (Lipinski definition) is 2. The zero-order chi connectivity index (χ0) is 15.0. The van der Waals surface area contributed by atoms with Gasteiger partial charge in [0.1, 0.15) is 0 Å². The predicted molar refractivity (Wildman–Crippen MR) is 74.0 cm³/mol. The number of hydrogen-bond donors (Lipinski definition) is 1. The number of imidazole rings is 1. The Morgan fingerprint density at radius 2 is 2.10 bits per heavy atom. The zero-order valence-electron chi connectivity index (χ0n) is 11.6. The average molecular weight is 295 g/mol. The van der Waals surface area contributed by atoms with Crippen molar-refractivity contribution in [2.75, 3.05) is 5.32 Å². The lowest BCUT2D eigenvalue weighted by molar-refractivity contribution is -0.137. The highest BCUT2D eigenvalue weighted by molar-refractivity contribution is 5.53. The third kappa shape index (κ3) is 3.04. The van der Waals surface area contributed by atoms with Crippen molar-refractivity contribution in [1.29, 1.82) is 0 Å². The number of alkyl halides is 3. The maximum absolute atomic E-state index is 12.7. The Morgan fingerprint density at radius 3 is 2.76 bits per heavy atom. The van der Waals surface area contributed by atoms with Crippen LogP contribution in [0.1, 0.15) is 35.7 Å². The molecule has 2 aromatic rings. The van der Waals surface area contributed by atoms with Crippen molar-refractivity contribution in [3.8, 4) is 0 Å². The van der Waals surface area contributed by atoms with Gasteiger partial charge in [-0.2, -0.15) is 13.2 Å². The lowest BCUT2D eigenvalue weighted by Crippen LogP contribution is -2.09. The maximum Gasteiger partial charge on any atom is 0.416 e. The van der Waals surface area contributed by atoms with E-state index in [-0.39, 0.29) is 0 Å². The summed E-state index contributed by atoms with van der Waals surface area (Å²) < 4.78 is 40.3. The first-order valence-electron chi connectivity index (χ1n) is 6.87. The van der Waals surface area contributed by atoms with Gasteiger partial charge in [0.05, 0.1) is 24.1 Å². The standard InChI is InChI=1S/C15H16F3N3/c1-10-2-3-11(15(16,17)18)6-14(10)20-8-13-7-19-9-21(13)12-4-5-12/h2-3,6-7,9,12,20H,4-5,8H2,1H3. The third-order valence-corrected chi connectivity index (χ3v) is 3.71. The molecule has 1 aliphatic carbocycles. The number of aromatic nitrogens is 2. The first-order chi connectivity index (χ1) is 9.95. The van der Waals surface area contributed by atoms with E-state index in [2.05, 4.69) is 14.9 Å². The molecule has 6 heteroatoms. The molecule has 1 heterocycles. The molecule has 1 aliphatic rings. The summed E-state index contributed by atoms with van der Waals surface area (Å²) in [6.07, 6.45) is 1.51. The topological polar surface area (TPSA) is 29.9 Å². The molecular formula is C15H16F3N3. The highest BCUT2D eigenvalue weighted by Crippen LogP contribution is 2.36. The van der Waals surface area contributed by atoms with Crippen molar-refractivity contribution < 1.29 is 13.2 Å². The highest BCUT2D eigenvalue weighted by atomic mass is 19.4. The monoisotopic (exact) mass is 295 g/mol. The van der Waals surface area contributed by atoms with Crippen molar-refractivity contribution in [3.05, 3.63) is 47.5 Å². The van der Waals surface area contributed by atoms with Gasteiger partial charge in [-0.15, -0.1) is 0 Å². The fourth-order valence-electron chi connectivity index (χ4n) is 2.33. The van der Waals surface area contributed by atoms with E-state index < -0.39 is 11.7 Å². The molecular weight excluding hydrogens is 279 g/mol. The summed E-state index contributed by atoms with van der Waals surface area (Å²) in [5.74, 6) is 0. The minimum absolute atomic E-state index is 0.471. The van der Waals surface area contributed by atoms with Crippen molar-refractivity contribution >= 4 is 5.69 Å². The van der Waals surface area contributed by atoms with Gasteiger partial charge in [-0.05, 0) is 37.5 Å². The van der Waals surface area contributed by atoms with E-state index in [0.717, 1.165) is 36.2 Å². The van der Waals surface area contributed by atoms with Gasteiger partial charge in [-0.25, -0.2) is 4.98 Å². The van der Waals surface area contributed by atoms with E-state index in [9.17, 15) is 13.2 Å². The molecule has 0 bridgehead atoms. The minimum Gasteiger partial charge on any atom is -0.379 e. The maximum atomic E-state index is 12.7. The Morgan fingerprint density at radius 1 is 1.33 bits per heavy atom. The summed E-state index contributed by atoms with van der Waals surface area (Å²) >= 11 is 0. The number of nitrogens with zero attached hydrogens (tertiary/aromatic N) is 2. The van der Waals surface area contributed by atoms with E-state index >= 15 is 0 Å². The highest BCUT2D eigenvalue weighted by Gasteiger charge is 2.31. The van der Waals surface area contributed by atoms with Crippen LogP contribution in [0.15, 0.2) is 30.7 Å². The fraction of sp³-hybridized carbons (Fsp3) is 0.400. The number of benzene rings is 1. The molecule has 0 amide bonds. The van der Waals surface area contributed by atoms with Crippen molar-refractivity contribution in [3.63, 3.8) is 0 Å². The van der Waals surface area contributed by atoms with E-state index in [1.54, 1.807) is 19.4 Å². The van der Waals surface area contributed by atoms with Crippen LogP contribution in [0.3, 0.4) is 0 Å². The van der Waals surface area contributed by atoms with Gasteiger partial charge in [-0.1, -0.05) is 6.07 Å². The summed E-state index contributed by atoms with van der Waals surface area (Å²) in [6.45, 7) is 2.26. The summed E-state index contributed by atoms with van der Waals surface area (Å²) in [7, 11) is 0. The summed E-state index contributed by atoms with van der Waals surface area (Å²) in [6, 6.07) is 4.26. The molecule has 112 valence electrons. The van der Waals surface area contributed by atoms with E-state index in [1.165, 1.54) is 6.07 Å². The second kappa shape index (κ2) is 5.09. The molecule has 0 aliphatic heterocycles.